The Kier molecular flexibility index (Phi) is 22.4. The molecule has 6 fully saturated rings. The number of hydrogen-bond donors (Lipinski definition) is 21. The Morgan fingerprint density at radius 1 is 0.526 bits per heavy atom. The second-order valence-corrected chi connectivity index (χ2v) is 19.6. The largest absolute Gasteiger partial charge is 0.477 e. The maximum Gasteiger partial charge on any atom is 0.364 e. The zero-order valence-corrected chi connectivity index (χ0v) is 41.8. The zero-order valence-electron chi connectivity index (χ0n) is 41.8. The minimum Gasteiger partial charge on any atom is -0.477 e. The van der Waals surface area contributed by atoms with Crippen LogP contribution in [0.25, 0.3) is 0 Å². The van der Waals surface area contributed by atoms with Crippen LogP contribution in [0.2, 0.25) is 0 Å². The number of aliphatic hydroxyl groups excluding tert-OH is 18. The molecule has 0 bridgehead atoms. The first-order chi connectivity index (χ1) is 36.7. The highest BCUT2D eigenvalue weighted by molar-refractivity contribution is 5.76. The van der Waals surface area contributed by atoms with E-state index in [1.807, 2.05) is 0 Å². The van der Waals surface area contributed by atoms with Crippen molar-refractivity contribution in [1.82, 2.24) is 10.6 Å². The molecule has 452 valence electrons. The van der Waals surface area contributed by atoms with Gasteiger partial charge >= 0.3 is 5.97 Å². The monoisotopic (exact) mass is 1140 g/mol. The molecule has 6 heterocycles. The molecule has 6 saturated heterocycles. The molecule has 35 heteroatoms. The Morgan fingerprint density at radius 3 is 1.56 bits per heavy atom. The molecule has 78 heavy (non-hydrogen) atoms. The van der Waals surface area contributed by atoms with Gasteiger partial charge in [-0.15, -0.1) is 0 Å². The fourth-order valence-corrected chi connectivity index (χ4v) is 9.94. The number of carbonyl (C=O) groups is 3. The molecule has 6 rings (SSSR count). The molecule has 31 atom stereocenters. The molecule has 0 spiro atoms. The molecule has 0 aromatic carbocycles. The fourth-order valence-electron chi connectivity index (χ4n) is 9.94. The Bertz CT molecular complexity index is 1950. The fraction of sp³-hybridized carbons (Fsp3) is 0.930. The van der Waals surface area contributed by atoms with E-state index < -0.39 is 247 Å². The molecule has 1 unspecified atom stereocenters. The van der Waals surface area contributed by atoms with Crippen LogP contribution in [0, 0.1) is 0 Å². The van der Waals surface area contributed by atoms with Crippen molar-refractivity contribution in [1.29, 1.82) is 0 Å². The average molecular weight is 1150 g/mol. The number of aliphatic hydroxyl groups is 18. The van der Waals surface area contributed by atoms with Crippen LogP contribution in [-0.2, 0) is 66.5 Å². The number of carboxylic acid groups (broad SMARTS) is 1. The first kappa shape index (κ1) is 64.4. The number of nitrogens with one attached hydrogen (secondary N) is 2. The molecule has 0 aromatic heterocycles. The van der Waals surface area contributed by atoms with Gasteiger partial charge in [0.05, 0.1) is 51.3 Å². The molecule has 6 aliphatic heterocycles. The number of amides is 2. The van der Waals surface area contributed by atoms with E-state index in [4.69, 9.17) is 52.1 Å². The quantitative estimate of drug-likeness (QED) is 0.0538. The van der Waals surface area contributed by atoms with Gasteiger partial charge in [0.25, 0.3) is 5.79 Å². The van der Waals surface area contributed by atoms with E-state index in [9.17, 15) is 111 Å². The minimum absolute atomic E-state index is 0.864. The van der Waals surface area contributed by atoms with Crippen molar-refractivity contribution in [2.75, 3.05) is 33.0 Å². The smallest absolute Gasteiger partial charge is 0.364 e. The third-order valence-electron chi connectivity index (χ3n) is 14.2. The van der Waals surface area contributed by atoms with Gasteiger partial charge in [0, 0.05) is 20.3 Å². The molecule has 0 aliphatic carbocycles. The van der Waals surface area contributed by atoms with Gasteiger partial charge in [-0.3, -0.25) is 9.59 Å². The number of carbonyl (C=O) groups excluding carboxylic acids is 2. The predicted molar refractivity (Wildman–Crippen MR) is 238 cm³/mol. The molecule has 0 saturated carbocycles. The van der Waals surface area contributed by atoms with Crippen LogP contribution in [0.4, 0.5) is 0 Å². The van der Waals surface area contributed by atoms with Gasteiger partial charge in [0.1, 0.15) is 134 Å². The summed E-state index contributed by atoms with van der Waals surface area (Å²) in [4.78, 5) is 38.7. The Hall–Kier alpha value is -2.75. The van der Waals surface area contributed by atoms with E-state index in [-0.39, 0.29) is 0 Å². The second kappa shape index (κ2) is 27.1. The predicted octanol–water partition coefficient (Wildman–Crippen LogP) is -13.6. The Balaban J connectivity index is 1.41. The number of hydrogen-bond acceptors (Lipinski definition) is 32. The normalized spacial score (nSPS) is 48.1. The van der Waals surface area contributed by atoms with E-state index in [0.29, 0.717) is 0 Å². The van der Waals surface area contributed by atoms with Crippen LogP contribution in [0.1, 0.15) is 27.2 Å². The molecule has 2 amide bonds. The summed E-state index contributed by atoms with van der Waals surface area (Å²) < 4.78 is 63.8. The van der Waals surface area contributed by atoms with E-state index in [1.54, 1.807) is 0 Å². The highest BCUT2D eigenvalue weighted by Crippen LogP contribution is 2.41. The zero-order chi connectivity index (χ0) is 58.0. The number of carboxylic acids is 1. The Labute approximate surface area is 441 Å². The van der Waals surface area contributed by atoms with E-state index in [2.05, 4.69) is 10.6 Å². The highest BCUT2D eigenvalue weighted by atomic mass is 16.8. The number of rotatable bonds is 20. The number of aliphatic carboxylic acids is 1. The SMILES string of the molecule is CC(=O)N[C@H]1[C@H](O[C@H]2[C@@H](O)[C@@H](CO)O[C@@H](O[C@H]3[C@H](O)[C@@H](O)C(O)O[C@@H]3CO)[C@@H]2O)O[C@H](CO)[C@@H](O)[C@@H]1O[C@@H]1O[C@H](CO)[C@H](O)[C@H](O[C@]2(C(=O)O)C[C@H](O)[C@@H](NC(C)=O)[C@H]([C@H](O)[C@H](O)CO)O2)[C@H]1O[C@@H]1O[C@@H](C)[C@@H](O)[C@@H](O)[C@@H]1O. The maximum absolute atomic E-state index is 13.5. The van der Waals surface area contributed by atoms with Crippen LogP contribution < -0.4 is 10.6 Å². The third-order valence-corrected chi connectivity index (χ3v) is 14.2. The molecule has 6 aliphatic rings. The summed E-state index contributed by atoms with van der Waals surface area (Å²) >= 11 is 0. The summed E-state index contributed by atoms with van der Waals surface area (Å²) in [6, 6.07) is -3.71. The van der Waals surface area contributed by atoms with Crippen molar-refractivity contribution >= 4 is 17.8 Å². The molecule has 35 nitrogen and oxygen atoms in total. The topological polar surface area (TPSA) is 561 Å². The average Bonchev–Trinajstić information content (AvgIpc) is 3.50. The van der Waals surface area contributed by atoms with Crippen LogP contribution in [0.5, 0.6) is 0 Å². The van der Waals surface area contributed by atoms with Crippen molar-refractivity contribution in [2.45, 2.75) is 217 Å². The van der Waals surface area contributed by atoms with Crippen molar-refractivity contribution in [3.63, 3.8) is 0 Å². The van der Waals surface area contributed by atoms with Gasteiger partial charge in [0.15, 0.2) is 31.5 Å². The summed E-state index contributed by atoms with van der Waals surface area (Å²) in [6.45, 7) is -2.41. The lowest BCUT2D eigenvalue weighted by molar-refractivity contribution is -0.408. The van der Waals surface area contributed by atoms with Gasteiger partial charge < -0.3 is 160 Å². The molecular weight excluding hydrogens is 1070 g/mol. The standard InChI is InChI=1S/C43H72N2O33/c1-10-21(55)26(60)29(63)39(68-10)76-36-35(78-43(42(66)67)4-13(53)19(44-11(2)51)33(77-43)22(56)14(54)5-46)25(59)17(8-49)72-41(36)74-32-20(45-12(3)52)38(70-15(6-47)23(32)57)75-34-24(58)16(7-48)71-40(30(34)64)73-31-18(9-50)69-37(65)28(62)27(31)61/h10,13-41,46-50,53-65H,4-9H2,1-3H3,(H,44,51)(H,45,52)(H,66,67)/t10-,13-,14+,15+,16+,17+,18+,19+,20+,21+,22+,23+,24-,25-,26+,27+,28+,29-,30+,31+,32+,33+,34-,35-,36+,37?,38-,39-,40-,41-,43-/m0/s1. The summed E-state index contributed by atoms with van der Waals surface area (Å²) in [5.74, 6) is -7.31. The van der Waals surface area contributed by atoms with Gasteiger partial charge in [-0.2, -0.15) is 0 Å². The lowest BCUT2D eigenvalue weighted by Crippen LogP contribution is -2.72. The van der Waals surface area contributed by atoms with Crippen LogP contribution in [-0.4, -0.2) is 338 Å². The van der Waals surface area contributed by atoms with Crippen LogP contribution in [0.3, 0.4) is 0 Å². The first-order valence-corrected chi connectivity index (χ1v) is 24.6. The lowest BCUT2D eigenvalue weighted by Gasteiger charge is -2.53. The van der Waals surface area contributed by atoms with Crippen LogP contribution >= 0.6 is 0 Å². The lowest BCUT2D eigenvalue weighted by atomic mass is 9.88. The molecule has 0 aromatic rings. The highest BCUT2D eigenvalue weighted by Gasteiger charge is 2.62. The van der Waals surface area contributed by atoms with Crippen LogP contribution in [0.15, 0.2) is 0 Å². The van der Waals surface area contributed by atoms with Crippen molar-refractivity contribution in [3.05, 3.63) is 0 Å². The third kappa shape index (κ3) is 13.5. The van der Waals surface area contributed by atoms with E-state index in [0.717, 1.165) is 13.8 Å². The minimum atomic E-state index is -3.33. The van der Waals surface area contributed by atoms with Gasteiger partial charge in [0.2, 0.25) is 11.8 Å². The molecule has 0 radical (unpaired) electrons. The van der Waals surface area contributed by atoms with E-state index >= 15 is 0 Å². The van der Waals surface area contributed by atoms with Gasteiger partial charge in [-0.05, 0) is 6.92 Å². The molecular formula is C43H72N2O33. The Morgan fingerprint density at radius 2 is 1.01 bits per heavy atom. The summed E-state index contributed by atoms with van der Waals surface area (Å²) in [5.41, 5.74) is 0. The maximum atomic E-state index is 13.5. The van der Waals surface area contributed by atoms with Crippen molar-refractivity contribution in [3.8, 4) is 0 Å². The van der Waals surface area contributed by atoms with Crippen molar-refractivity contribution in [2.24, 2.45) is 0 Å². The summed E-state index contributed by atoms with van der Waals surface area (Å²) in [5, 5.41) is 210. The second-order valence-electron chi connectivity index (χ2n) is 19.6. The van der Waals surface area contributed by atoms with E-state index in [1.165, 1.54) is 6.92 Å². The van der Waals surface area contributed by atoms with Gasteiger partial charge in [-0.1, -0.05) is 0 Å². The summed E-state index contributed by atoms with van der Waals surface area (Å²) in [7, 11) is 0. The van der Waals surface area contributed by atoms with Crippen molar-refractivity contribution < 1.29 is 164 Å². The molecule has 21 N–H and O–H groups in total. The first-order valence-electron chi connectivity index (χ1n) is 24.6. The summed E-state index contributed by atoms with van der Waals surface area (Å²) in [6.07, 6.45) is -59.0. The van der Waals surface area contributed by atoms with Gasteiger partial charge in [-0.25, -0.2) is 4.79 Å². The number of ether oxygens (including phenoxy) is 11.